The van der Waals surface area contributed by atoms with Crippen molar-refractivity contribution in [3.8, 4) is 0 Å². The lowest BCUT2D eigenvalue weighted by Crippen LogP contribution is -2.43. The average molecular weight is 235 g/mol. The molecule has 0 amide bonds. The zero-order valence-corrected chi connectivity index (χ0v) is 10.7. The summed E-state index contributed by atoms with van der Waals surface area (Å²) in [6, 6.07) is 14.8. The SMILES string of the molecule is CB1C=Cc2ccccc2N1c1cccc[n+]1C. The van der Waals surface area contributed by atoms with Gasteiger partial charge in [0.15, 0.2) is 0 Å². The maximum atomic E-state index is 2.37. The predicted octanol–water partition coefficient (Wildman–Crippen LogP) is 2.84. The average Bonchev–Trinajstić information content (AvgIpc) is 2.40. The van der Waals surface area contributed by atoms with Crippen LogP contribution >= 0.6 is 0 Å². The summed E-state index contributed by atoms with van der Waals surface area (Å²) in [4.78, 5) is 2.37. The minimum Gasteiger partial charge on any atom is -0.287 e. The van der Waals surface area contributed by atoms with Crippen molar-refractivity contribution in [1.29, 1.82) is 0 Å². The second kappa shape index (κ2) is 4.33. The number of anilines is 2. The van der Waals surface area contributed by atoms with E-state index in [0.717, 1.165) is 0 Å². The van der Waals surface area contributed by atoms with Crippen LogP contribution in [0.2, 0.25) is 6.82 Å². The third-order valence-corrected chi connectivity index (χ3v) is 3.43. The van der Waals surface area contributed by atoms with Gasteiger partial charge in [0.05, 0.1) is 13.2 Å². The molecule has 88 valence electrons. The van der Waals surface area contributed by atoms with Crippen LogP contribution in [0.25, 0.3) is 6.08 Å². The molecule has 0 spiro atoms. The lowest BCUT2D eigenvalue weighted by atomic mass is 9.60. The van der Waals surface area contributed by atoms with Gasteiger partial charge in [-0.2, -0.15) is 0 Å². The monoisotopic (exact) mass is 235 g/mol. The summed E-state index contributed by atoms with van der Waals surface area (Å²) in [7, 11) is 2.09. The zero-order valence-electron chi connectivity index (χ0n) is 10.7. The minimum absolute atomic E-state index is 0.369. The lowest BCUT2D eigenvalue weighted by Gasteiger charge is -2.25. The number of hydrogen-bond donors (Lipinski definition) is 0. The topological polar surface area (TPSA) is 7.12 Å². The maximum absolute atomic E-state index is 2.37. The normalized spacial score (nSPS) is 13.7. The minimum atomic E-state index is 0.369. The van der Waals surface area contributed by atoms with Crippen molar-refractivity contribution in [1.82, 2.24) is 0 Å². The van der Waals surface area contributed by atoms with Crippen LogP contribution in [-0.2, 0) is 7.05 Å². The molecule has 1 aromatic heterocycles. The molecule has 0 fully saturated rings. The van der Waals surface area contributed by atoms with Crippen LogP contribution < -0.4 is 9.38 Å². The van der Waals surface area contributed by atoms with Crippen molar-refractivity contribution < 1.29 is 4.57 Å². The van der Waals surface area contributed by atoms with Gasteiger partial charge in [0.2, 0.25) is 0 Å². The van der Waals surface area contributed by atoms with E-state index >= 15 is 0 Å². The van der Waals surface area contributed by atoms with E-state index in [1.807, 2.05) is 0 Å². The van der Waals surface area contributed by atoms with Crippen LogP contribution in [0.15, 0.2) is 54.6 Å². The summed E-state index contributed by atoms with van der Waals surface area (Å²) >= 11 is 0. The molecular formula is C15H16BN2+. The number of pyridine rings is 1. The summed E-state index contributed by atoms with van der Waals surface area (Å²) in [5, 5.41) is 0. The summed E-state index contributed by atoms with van der Waals surface area (Å²) in [6.07, 6.45) is 4.29. The van der Waals surface area contributed by atoms with E-state index < -0.39 is 0 Å². The van der Waals surface area contributed by atoms with E-state index in [1.54, 1.807) is 0 Å². The van der Waals surface area contributed by atoms with E-state index in [4.69, 9.17) is 0 Å². The molecule has 0 bridgehead atoms. The maximum Gasteiger partial charge on any atom is 0.402 e. The molecule has 18 heavy (non-hydrogen) atoms. The highest BCUT2D eigenvalue weighted by Crippen LogP contribution is 2.31. The van der Waals surface area contributed by atoms with Gasteiger partial charge in [0.1, 0.15) is 5.69 Å². The quantitative estimate of drug-likeness (QED) is 0.544. The standard InChI is InChI=1S/C15H16BN2/c1-16-11-10-13-7-3-4-8-14(13)18(16)15-9-5-6-12-17(15)2/h3-12H,1-2H3/q+1. The molecule has 1 aromatic carbocycles. The molecule has 0 radical (unpaired) electrons. The number of aromatic nitrogens is 1. The van der Waals surface area contributed by atoms with Gasteiger partial charge in [0, 0.05) is 11.6 Å². The molecule has 3 heteroatoms. The van der Waals surface area contributed by atoms with Crippen LogP contribution in [0.4, 0.5) is 11.5 Å². The Morgan fingerprint density at radius 3 is 2.67 bits per heavy atom. The Labute approximate surface area is 108 Å². The van der Waals surface area contributed by atoms with Gasteiger partial charge in [-0.25, -0.2) is 4.57 Å². The van der Waals surface area contributed by atoms with Crippen LogP contribution in [0.5, 0.6) is 0 Å². The summed E-state index contributed by atoms with van der Waals surface area (Å²) in [5.74, 6) is 3.46. The number of benzene rings is 1. The van der Waals surface area contributed by atoms with Crippen molar-refractivity contribution in [2.45, 2.75) is 6.82 Å². The van der Waals surface area contributed by atoms with Crippen LogP contribution in [-0.4, -0.2) is 6.85 Å². The molecule has 2 aromatic rings. The summed E-state index contributed by atoms with van der Waals surface area (Å²) in [6.45, 7) is 2.59. The van der Waals surface area contributed by atoms with E-state index in [1.165, 1.54) is 17.1 Å². The fourth-order valence-corrected chi connectivity index (χ4v) is 2.49. The van der Waals surface area contributed by atoms with Crippen LogP contribution in [0, 0.1) is 0 Å². The highest BCUT2D eigenvalue weighted by molar-refractivity contribution is 6.69. The first-order valence-electron chi connectivity index (χ1n) is 6.28. The predicted molar refractivity (Wildman–Crippen MR) is 76.9 cm³/mol. The Hall–Kier alpha value is -2.03. The first-order valence-corrected chi connectivity index (χ1v) is 6.28. The van der Waals surface area contributed by atoms with Gasteiger partial charge in [-0.15, -0.1) is 0 Å². The fraction of sp³-hybridized carbons (Fsp3) is 0.133. The Morgan fingerprint density at radius 1 is 1.06 bits per heavy atom. The molecule has 0 N–H and O–H groups in total. The Bertz CT molecular complexity index is 607. The summed E-state index contributed by atoms with van der Waals surface area (Å²) in [5.41, 5.74) is 2.55. The molecule has 1 aliphatic rings. The molecule has 0 aliphatic carbocycles. The molecule has 2 nitrogen and oxygen atoms in total. The molecule has 2 heterocycles. The largest absolute Gasteiger partial charge is 0.402 e. The number of rotatable bonds is 1. The Morgan fingerprint density at radius 2 is 1.83 bits per heavy atom. The highest BCUT2D eigenvalue weighted by Gasteiger charge is 2.32. The number of aryl methyl sites for hydroxylation is 1. The Balaban J connectivity index is 2.17. The third kappa shape index (κ3) is 1.72. The molecule has 0 saturated heterocycles. The number of hydrogen-bond acceptors (Lipinski definition) is 1. The van der Waals surface area contributed by atoms with Crippen molar-refractivity contribution in [3.63, 3.8) is 0 Å². The second-order valence-electron chi connectivity index (χ2n) is 4.70. The van der Waals surface area contributed by atoms with Gasteiger partial charge in [-0.1, -0.05) is 36.3 Å². The van der Waals surface area contributed by atoms with Gasteiger partial charge in [-0.05, 0) is 19.0 Å². The molecule has 0 saturated carbocycles. The third-order valence-electron chi connectivity index (χ3n) is 3.43. The van der Waals surface area contributed by atoms with Crippen molar-refractivity contribution in [2.75, 3.05) is 4.81 Å². The summed E-state index contributed by atoms with van der Waals surface area (Å²) < 4.78 is 2.16. The van der Waals surface area contributed by atoms with Crippen LogP contribution in [0.1, 0.15) is 5.56 Å². The van der Waals surface area contributed by atoms with Gasteiger partial charge in [0.25, 0.3) is 5.82 Å². The number of nitrogens with zero attached hydrogens (tertiary/aromatic N) is 2. The highest BCUT2D eigenvalue weighted by atomic mass is 15.2. The van der Waals surface area contributed by atoms with Crippen molar-refractivity contribution in [3.05, 3.63) is 60.2 Å². The molecule has 0 atom stereocenters. The van der Waals surface area contributed by atoms with E-state index in [-0.39, 0.29) is 0 Å². The van der Waals surface area contributed by atoms with E-state index in [2.05, 4.69) is 84.0 Å². The first kappa shape index (κ1) is 11.1. The molecular weight excluding hydrogens is 219 g/mol. The lowest BCUT2D eigenvalue weighted by molar-refractivity contribution is -0.658. The number of para-hydroxylation sites is 1. The molecule has 0 unspecified atom stereocenters. The smallest absolute Gasteiger partial charge is 0.287 e. The van der Waals surface area contributed by atoms with Crippen LogP contribution in [0.3, 0.4) is 0 Å². The van der Waals surface area contributed by atoms with E-state index in [9.17, 15) is 0 Å². The van der Waals surface area contributed by atoms with Crippen molar-refractivity contribution >= 4 is 24.4 Å². The van der Waals surface area contributed by atoms with Gasteiger partial charge < -0.3 is 0 Å². The fourth-order valence-electron chi connectivity index (χ4n) is 2.49. The number of fused-ring (bicyclic) bond motifs is 1. The Kier molecular flexibility index (Phi) is 2.67. The molecule has 1 aliphatic heterocycles. The first-order chi connectivity index (χ1) is 8.77. The second-order valence-corrected chi connectivity index (χ2v) is 4.70. The molecule has 3 rings (SSSR count). The van der Waals surface area contributed by atoms with Gasteiger partial charge in [-0.3, -0.25) is 4.81 Å². The van der Waals surface area contributed by atoms with Gasteiger partial charge >= 0.3 is 6.85 Å². The zero-order chi connectivity index (χ0) is 12.5. The van der Waals surface area contributed by atoms with E-state index in [0.29, 0.717) is 6.85 Å². The van der Waals surface area contributed by atoms with Crippen molar-refractivity contribution in [2.24, 2.45) is 7.05 Å².